The van der Waals surface area contributed by atoms with Crippen LogP contribution in [0.2, 0.25) is 0 Å². The zero-order valence-electron chi connectivity index (χ0n) is 13.0. The number of halogens is 1. The summed E-state index contributed by atoms with van der Waals surface area (Å²) in [7, 11) is 0. The maximum absolute atomic E-state index is 12.7. The van der Waals surface area contributed by atoms with Crippen molar-refractivity contribution in [2.75, 3.05) is 13.2 Å². The van der Waals surface area contributed by atoms with Crippen LogP contribution in [0.4, 0.5) is 4.39 Å². The quantitative estimate of drug-likeness (QED) is 0.755. The van der Waals surface area contributed by atoms with E-state index in [0.717, 1.165) is 5.56 Å². The minimum atomic E-state index is -0.508. The van der Waals surface area contributed by atoms with Gasteiger partial charge in [-0.15, -0.1) is 0 Å². The van der Waals surface area contributed by atoms with Crippen molar-refractivity contribution in [2.24, 2.45) is 0 Å². The highest BCUT2D eigenvalue weighted by Gasteiger charge is 2.07. The van der Waals surface area contributed by atoms with Gasteiger partial charge in [-0.25, -0.2) is 4.39 Å². The third-order valence-electron chi connectivity index (χ3n) is 3.08. The van der Waals surface area contributed by atoms with Gasteiger partial charge in [0.25, 0.3) is 0 Å². The highest BCUT2D eigenvalue weighted by molar-refractivity contribution is 5.81. The van der Waals surface area contributed by atoms with E-state index in [4.69, 9.17) is 9.47 Å². The van der Waals surface area contributed by atoms with Crippen LogP contribution in [0.1, 0.15) is 12.0 Å². The second-order valence-corrected chi connectivity index (χ2v) is 4.98. The lowest BCUT2D eigenvalue weighted by molar-refractivity contribution is -0.145. The monoisotopic (exact) mass is 331 g/mol. The fraction of sp³-hybridized carbons (Fsp3) is 0.222. The lowest BCUT2D eigenvalue weighted by Crippen LogP contribution is -2.31. The van der Waals surface area contributed by atoms with Gasteiger partial charge >= 0.3 is 5.97 Å². The van der Waals surface area contributed by atoms with Crippen LogP contribution in [0.25, 0.3) is 0 Å². The fourth-order valence-electron chi connectivity index (χ4n) is 1.84. The number of rotatable bonds is 8. The van der Waals surface area contributed by atoms with E-state index < -0.39 is 5.97 Å². The van der Waals surface area contributed by atoms with Crippen molar-refractivity contribution in [3.63, 3.8) is 0 Å². The van der Waals surface area contributed by atoms with Gasteiger partial charge in [-0.1, -0.05) is 30.3 Å². The summed E-state index contributed by atoms with van der Waals surface area (Å²) >= 11 is 0. The Balaban J connectivity index is 1.58. The molecule has 24 heavy (non-hydrogen) atoms. The van der Waals surface area contributed by atoms with Crippen LogP contribution in [-0.2, 0) is 20.9 Å². The van der Waals surface area contributed by atoms with E-state index in [1.165, 1.54) is 24.3 Å². The average molecular weight is 331 g/mol. The summed E-state index contributed by atoms with van der Waals surface area (Å²) < 4.78 is 23.1. The first kappa shape index (κ1) is 17.5. The average Bonchev–Trinajstić information content (AvgIpc) is 2.61. The Labute approximate surface area is 139 Å². The standard InChI is InChI=1S/C18H18FNO4/c19-15-6-8-16(9-7-15)23-11-10-17(21)20-12-18(22)24-13-14-4-2-1-3-5-14/h1-9H,10-13H2,(H,20,21). The first-order valence-electron chi connectivity index (χ1n) is 7.48. The summed E-state index contributed by atoms with van der Waals surface area (Å²) in [6, 6.07) is 14.8. The van der Waals surface area contributed by atoms with Crippen molar-refractivity contribution in [1.82, 2.24) is 5.32 Å². The summed E-state index contributed by atoms with van der Waals surface area (Å²) in [6.45, 7) is 0.113. The molecule has 0 fully saturated rings. The molecule has 0 aliphatic heterocycles. The topological polar surface area (TPSA) is 64.6 Å². The molecule has 2 aromatic rings. The molecule has 0 heterocycles. The molecule has 0 atom stereocenters. The number of carbonyl (C=O) groups is 2. The zero-order valence-corrected chi connectivity index (χ0v) is 13.0. The molecular weight excluding hydrogens is 313 g/mol. The molecule has 0 spiro atoms. The summed E-state index contributed by atoms with van der Waals surface area (Å²) in [6.07, 6.45) is 0.0866. The largest absolute Gasteiger partial charge is 0.493 e. The van der Waals surface area contributed by atoms with Crippen LogP contribution in [-0.4, -0.2) is 25.0 Å². The van der Waals surface area contributed by atoms with Gasteiger partial charge in [-0.05, 0) is 29.8 Å². The molecule has 0 aromatic heterocycles. The molecule has 0 aliphatic rings. The van der Waals surface area contributed by atoms with Gasteiger partial charge in [0.2, 0.25) is 5.91 Å². The summed E-state index contributed by atoms with van der Waals surface area (Å²) in [5.74, 6) is -0.707. The minimum absolute atomic E-state index is 0.0866. The Kier molecular flexibility index (Phi) is 6.76. The van der Waals surface area contributed by atoms with Gasteiger partial charge in [0, 0.05) is 0 Å². The predicted molar refractivity (Wildman–Crippen MR) is 85.8 cm³/mol. The van der Waals surface area contributed by atoms with Crippen molar-refractivity contribution in [3.05, 3.63) is 66.0 Å². The molecule has 2 aromatic carbocycles. The molecule has 1 amide bonds. The van der Waals surface area contributed by atoms with Crippen LogP contribution in [0.15, 0.2) is 54.6 Å². The lowest BCUT2D eigenvalue weighted by Gasteiger charge is -2.08. The molecule has 5 nitrogen and oxygen atoms in total. The van der Waals surface area contributed by atoms with Crippen LogP contribution >= 0.6 is 0 Å². The van der Waals surface area contributed by atoms with E-state index >= 15 is 0 Å². The Bertz CT molecular complexity index is 658. The van der Waals surface area contributed by atoms with Crippen molar-refractivity contribution in [3.8, 4) is 5.75 Å². The molecule has 0 unspecified atom stereocenters. The second kappa shape index (κ2) is 9.29. The van der Waals surface area contributed by atoms with Crippen molar-refractivity contribution in [1.29, 1.82) is 0 Å². The van der Waals surface area contributed by atoms with Crippen LogP contribution in [0, 0.1) is 5.82 Å². The minimum Gasteiger partial charge on any atom is -0.493 e. The number of hydrogen-bond donors (Lipinski definition) is 1. The SMILES string of the molecule is O=C(CCOc1ccc(F)cc1)NCC(=O)OCc1ccccc1. The number of amides is 1. The number of carbonyl (C=O) groups excluding carboxylic acids is 2. The van der Waals surface area contributed by atoms with Gasteiger partial charge in [-0.3, -0.25) is 9.59 Å². The Morgan fingerprint density at radius 1 is 1.00 bits per heavy atom. The molecule has 0 radical (unpaired) electrons. The molecule has 1 N–H and O–H groups in total. The first-order valence-corrected chi connectivity index (χ1v) is 7.48. The molecule has 0 saturated heterocycles. The van der Waals surface area contributed by atoms with Crippen LogP contribution in [0.5, 0.6) is 5.75 Å². The molecule has 6 heteroatoms. The molecule has 126 valence electrons. The van der Waals surface area contributed by atoms with E-state index in [9.17, 15) is 14.0 Å². The number of benzene rings is 2. The predicted octanol–water partition coefficient (Wildman–Crippen LogP) is 2.45. The summed E-state index contributed by atoms with van der Waals surface area (Å²) in [5.41, 5.74) is 0.880. The normalized spacial score (nSPS) is 10.0. The van der Waals surface area contributed by atoms with E-state index in [0.29, 0.717) is 5.75 Å². The van der Waals surface area contributed by atoms with E-state index in [1.54, 1.807) is 0 Å². The maximum atomic E-state index is 12.7. The third-order valence-corrected chi connectivity index (χ3v) is 3.08. The smallest absolute Gasteiger partial charge is 0.325 e. The van der Waals surface area contributed by atoms with Gasteiger partial charge in [0.05, 0.1) is 13.0 Å². The number of esters is 1. The van der Waals surface area contributed by atoms with E-state index in [-0.39, 0.29) is 37.9 Å². The summed E-state index contributed by atoms with van der Waals surface area (Å²) in [4.78, 5) is 23.2. The van der Waals surface area contributed by atoms with Crippen LogP contribution < -0.4 is 10.1 Å². The van der Waals surface area contributed by atoms with Gasteiger partial charge in [-0.2, -0.15) is 0 Å². The van der Waals surface area contributed by atoms with Gasteiger partial charge in [0.15, 0.2) is 0 Å². The molecule has 0 aliphatic carbocycles. The van der Waals surface area contributed by atoms with Gasteiger partial charge in [0.1, 0.15) is 24.7 Å². The number of ether oxygens (including phenoxy) is 2. The third kappa shape index (κ3) is 6.48. The Hall–Kier alpha value is -2.89. The zero-order chi connectivity index (χ0) is 17.2. The highest BCUT2D eigenvalue weighted by atomic mass is 19.1. The number of hydrogen-bond acceptors (Lipinski definition) is 4. The maximum Gasteiger partial charge on any atom is 0.325 e. The van der Waals surface area contributed by atoms with E-state index in [2.05, 4.69) is 5.32 Å². The molecule has 2 rings (SSSR count). The summed E-state index contributed by atoms with van der Waals surface area (Å²) in [5, 5.41) is 2.46. The second-order valence-electron chi connectivity index (χ2n) is 4.98. The van der Waals surface area contributed by atoms with Crippen molar-refractivity contribution < 1.29 is 23.5 Å². The Morgan fingerprint density at radius 3 is 2.42 bits per heavy atom. The van der Waals surface area contributed by atoms with E-state index in [1.807, 2.05) is 30.3 Å². The van der Waals surface area contributed by atoms with Crippen molar-refractivity contribution in [2.45, 2.75) is 13.0 Å². The van der Waals surface area contributed by atoms with Crippen molar-refractivity contribution >= 4 is 11.9 Å². The molecule has 0 saturated carbocycles. The lowest BCUT2D eigenvalue weighted by atomic mass is 10.2. The van der Waals surface area contributed by atoms with Gasteiger partial charge < -0.3 is 14.8 Å². The molecule has 0 bridgehead atoms. The fourth-order valence-corrected chi connectivity index (χ4v) is 1.84. The highest BCUT2D eigenvalue weighted by Crippen LogP contribution is 2.11. The molecular formula is C18H18FNO4. The first-order chi connectivity index (χ1) is 11.6. The number of nitrogens with one attached hydrogen (secondary N) is 1. The Morgan fingerprint density at radius 2 is 1.71 bits per heavy atom. The van der Waals surface area contributed by atoms with Crippen LogP contribution in [0.3, 0.4) is 0 Å².